The van der Waals surface area contributed by atoms with Gasteiger partial charge in [0, 0.05) is 25.8 Å². The summed E-state index contributed by atoms with van der Waals surface area (Å²) in [5, 5.41) is 4.20. The normalized spacial score (nSPS) is 18.9. The zero-order valence-electron chi connectivity index (χ0n) is 12.3. The largest absolute Gasteiger partial charge is 0.466 e. The molecule has 0 radical (unpaired) electrons. The Morgan fingerprint density at radius 1 is 1.50 bits per heavy atom. The lowest BCUT2D eigenvalue weighted by Gasteiger charge is -2.31. The van der Waals surface area contributed by atoms with Crippen molar-refractivity contribution in [3.05, 3.63) is 17.5 Å². The highest BCUT2D eigenvalue weighted by Crippen LogP contribution is 2.19. The number of piperidine rings is 1. The molecule has 1 fully saturated rings. The van der Waals surface area contributed by atoms with Gasteiger partial charge in [-0.1, -0.05) is 0 Å². The molecule has 0 saturated carbocycles. The highest BCUT2D eigenvalue weighted by atomic mass is 16.5. The molecule has 6 nitrogen and oxygen atoms in total. The lowest BCUT2D eigenvalue weighted by atomic mass is 9.98. The number of rotatable bonds is 3. The molecule has 2 heterocycles. The molecule has 0 bridgehead atoms. The minimum Gasteiger partial charge on any atom is -0.466 e. The fraction of sp³-hybridized carbons (Fsp3) is 0.643. The van der Waals surface area contributed by atoms with E-state index in [4.69, 9.17) is 4.74 Å². The van der Waals surface area contributed by atoms with Gasteiger partial charge in [-0.05, 0) is 32.8 Å². The van der Waals surface area contributed by atoms with E-state index in [1.165, 1.54) is 0 Å². The minimum absolute atomic E-state index is 0.109. The molecule has 1 atom stereocenters. The Bertz CT molecular complexity index is 490. The van der Waals surface area contributed by atoms with Gasteiger partial charge in [0.2, 0.25) is 0 Å². The maximum Gasteiger partial charge on any atom is 0.310 e. The van der Waals surface area contributed by atoms with Crippen molar-refractivity contribution in [1.82, 2.24) is 14.7 Å². The maximum atomic E-state index is 12.4. The summed E-state index contributed by atoms with van der Waals surface area (Å²) in [6.45, 7) is 5.17. The predicted octanol–water partition coefficient (Wildman–Crippen LogP) is 1.14. The van der Waals surface area contributed by atoms with E-state index in [0.717, 1.165) is 18.5 Å². The molecular weight excluding hydrogens is 258 g/mol. The van der Waals surface area contributed by atoms with Crippen molar-refractivity contribution >= 4 is 11.9 Å². The van der Waals surface area contributed by atoms with Crippen LogP contribution in [0.2, 0.25) is 0 Å². The molecule has 110 valence electrons. The van der Waals surface area contributed by atoms with Gasteiger partial charge in [-0.2, -0.15) is 5.10 Å². The Morgan fingerprint density at radius 3 is 2.85 bits per heavy atom. The summed E-state index contributed by atoms with van der Waals surface area (Å²) >= 11 is 0. The summed E-state index contributed by atoms with van der Waals surface area (Å²) in [5.74, 6) is -0.526. The van der Waals surface area contributed by atoms with E-state index in [2.05, 4.69) is 5.10 Å². The molecule has 1 aliphatic heterocycles. The summed E-state index contributed by atoms with van der Waals surface area (Å²) in [4.78, 5) is 25.9. The molecule has 1 aliphatic rings. The Kier molecular flexibility index (Phi) is 4.42. The Morgan fingerprint density at radius 2 is 2.25 bits per heavy atom. The smallest absolute Gasteiger partial charge is 0.310 e. The second-order valence-corrected chi connectivity index (χ2v) is 5.14. The van der Waals surface area contributed by atoms with Crippen molar-refractivity contribution < 1.29 is 14.3 Å². The number of hydrogen-bond donors (Lipinski definition) is 0. The van der Waals surface area contributed by atoms with E-state index >= 15 is 0 Å². The van der Waals surface area contributed by atoms with Crippen LogP contribution in [0.25, 0.3) is 0 Å². The number of carbonyl (C=O) groups is 2. The third kappa shape index (κ3) is 3.00. The third-order valence-corrected chi connectivity index (χ3v) is 3.66. The van der Waals surface area contributed by atoms with Crippen LogP contribution in [0.15, 0.2) is 6.07 Å². The summed E-state index contributed by atoms with van der Waals surface area (Å²) in [6.07, 6.45) is 1.60. The van der Waals surface area contributed by atoms with Gasteiger partial charge in [0.15, 0.2) is 5.69 Å². The van der Waals surface area contributed by atoms with Gasteiger partial charge < -0.3 is 9.64 Å². The molecule has 20 heavy (non-hydrogen) atoms. The first-order valence-electron chi connectivity index (χ1n) is 6.99. The number of esters is 1. The van der Waals surface area contributed by atoms with Crippen molar-refractivity contribution in [1.29, 1.82) is 0 Å². The van der Waals surface area contributed by atoms with E-state index in [9.17, 15) is 9.59 Å². The van der Waals surface area contributed by atoms with Crippen molar-refractivity contribution in [2.24, 2.45) is 13.0 Å². The molecular formula is C14H21N3O3. The van der Waals surface area contributed by atoms with Crippen LogP contribution >= 0.6 is 0 Å². The van der Waals surface area contributed by atoms with Gasteiger partial charge >= 0.3 is 5.97 Å². The number of nitrogens with zero attached hydrogens (tertiary/aromatic N) is 3. The first kappa shape index (κ1) is 14.6. The average Bonchev–Trinajstić information content (AvgIpc) is 2.78. The number of carbonyl (C=O) groups excluding carboxylic acids is 2. The van der Waals surface area contributed by atoms with Gasteiger partial charge in [0.1, 0.15) is 0 Å². The van der Waals surface area contributed by atoms with Gasteiger partial charge in [-0.3, -0.25) is 14.3 Å². The molecule has 0 aliphatic carbocycles. The van der Waals surface area contributed by atoms with E-state index in [1.54, 1.807) is 22.6 Å². The van der Waals surface area contributed by atoms with Crippen molar-refractivity contribution in [3.63, 3.8) is 0 Å². The predicted molar refractivity (Wildman–Crippen MR) is 73.2 cm³/mol. The molecule has 1 aromatic heterocycles. The summed E-state index contributed by atoms with van der Waals surface area (Å²) in [7, 11) is 1.81. The zero-order chi connectivity index (χ0) is 14.7. The number of ether oxygens (including phenoxy) is 1. The summed E-state index contributed by atoms with van der Waals surface area (Å²) in [5.41, 5.74) is 1.38. The molecule has 0 spiro atoms. The molecule has 1 unspecified atom stereocenters. The topological polar surface area (TPSA) is 64.4 Å². The van der Waals surface area contributed by atoms with Gasteiger partial charge in [-0.15, -0.1) is 0 Å². The molecule has 1 saturated heterocycles. The first-order chi connectivity index (χ1) is 9.52. The summed E-state index contributed by atoms with van der Waals surface area (Å²) < 4.78 is 6.72. The van der Waals surface area contributed by atoms with Crippen LogP contribution in [0, 0.1) is 12.8 Å². The monoisotopic (exact) mass is 279 g/mol. The van der Waals surface area contributed by atoms with Crippen LogP contribution in [0.3, 0.4) is 0 Å². The van der Waals surface area contributed by atoms with Crippen LogP contribution < -0.4 is 0 Å². The Hall–Kier alpha value is -1.85. The zero-order valence-corrected chi connectivity index (χ0v) is 12.3. The molecule has 2 rings (SSSR count). The van der Waals surface area contributed by atoms with Gasteiger partial charge in [-0.25, -0.2) is 0 Å². The molecule has 0 N–H and O–H groups in total. The highest BCUT2D eigenvalue weighted by molar-refractivity contribution is 5.92. The Balaban J connectivity index is 2.05. The second kappa shape index (κ2) is 6.07. The second-order valence-electron chi connectivity index (χ2n) is 5.14. The van der Waals surface area contributed by atoms with E-state index in [1.807, 2.05) is 14.0 Å². The van der Waals surface area contributed by atoms with Gasteiger partial charge in [0.05, 0.1) is 12.5 Å². The Labute approximate surface area is 118 Å². The quantitative estimate of drug-likeness (QED) is 0.778. The number of amides is 1. The third-order valence-electron chi connectivity index (χ3n) is 3.66. The molecule has 1 amide bonds. The standard InChI is InChI=1S/C14H21N3O3/c1-4-20-14(19)11-6-5-7-17(9-11)13(18)12-8-10(2)16(3)15-12/h8,11H,4-7,9H2,1-3H3. The fourth-order valence-corrected chi connectivity index (χ4v) is 2.44. The van der Waals surface area contributed by atoms with Gasteiger partial charge in [0.25, 0.3) is 5.91 Å². The maximum absolute atomic E-state index is 12.4. The van der Waals surface area contributed by atoms with Crippen LogP contribution in [-0.4, -0.2) is 46.3 Å². The fourth-order valence-electron chi connectivity index (χ4n) is 2.44. The van der Waals surface area contributed by atoms with E-state index < -0.39 is 0 Å². The van der Waals surface area contributed by atoms with Crippen molar-refractivity contribution in [3.8, 4) is 0 Å². The number of aryl methyl sites for hydroxylation is 2. The average molecular weight is 279 g/mol. The van der Waals surface area contributed by atoms with Crippen LogP contribution in [0.5, 0.6) is 0 Å². The van der Waals surface area contributed by atoms with Crippen molar-refractivity contribution in [2.45, 2.75) is 26.7 Å². The SMILES string of the molecule is CCOC(=O)C1CCCN(C(=O)c2cc(C)n(C)n2)C1. The highest BCUT2D eigenvalue weighted by Gasteiger charge is 2.30. The van der Waals surface area contributed by atoms with Crippen LogP contribution in [-0.2, 0) is 16.6 Å². The first-order valence-corrected chi connectivity index (χ1v) is 6.99. The number of likely N-dealkylation sites (tertiary alicyclic amines) is 1. The van der Waals surface area contributed by atoms with Crippen molar-refractivity contribution in [2.75, 3.05) is 19.7 Å². The minimum atomic E-state index is -0.211. The lowest BCUT2D eigenvalue weighted by Crippen LogP contribution is -2.43. The van der Waals surface area contributed by atoms with Crippen LogP contribution in [0.1, 0.15) is 35.9 Å². The number of hydrogen-bond acceptors (Lipinski definition) is 4. The molecule has 1 aromatic rings. The van der Waals surface area contributed by atoms with E-state index in [0.29, 0.717) is 25.4 Å². The lowest BCUT2D eigenvalue weighted by molar-refractivity contribution is -0.149. The molecule has 6 heteroatoms. The molecule has 0 aromatic carbocycles. The summed E-state index contributed by atoms with van der Waals surface area (Å²) in [6, 6.07) is 1.77. The number of aromatic nitrogens is 2. The van der Waals surface area contributed by atoms with Crippen LogP contribution in [0.4, 0.5) is 0 Å². The van der Waals surface area contributed by atoms with E-state index in [-0.39, 0.29) is 17.8 Å².